The molecule has 0 aliphatic rings. The number of hydrogen-bond donors (Lipinski definition) is 1. The van der Waals surface area contributed by atoms with Gasteiger partial charge in [-0.3, -0.25) is 4.79 Å². The highest BCUT2D eigenvalue weighted by Crippen LogP contribution is 2.28. The lowest BCUT2D eigenvalue weighted by molar-refractivity contribution is -0.152. The van der Waals surface area contributed by atoms with Gasteiger partial charge in [0.25, 0.3) is 0 Å². The molecule has 0 saturated carbocycles. The summed E-state index contributed by atoms with van der Waals surface area (Å²) in [6.07, 6.45) is 0. The number of carbonyl (C=O) groups is 1. The molecule has 0 fully saturated rings. The van der Waals surface area contributed by atoms with Crippen LogP contribution >= 0.6 is 15.9 Å². The minimum atomic E-state index is -0.675. The van der Waals surface area contributed by atoms with Crippen molar-refractivity contribution >= 4 is 21.9 Å². The van der Waals surface area contributed by atoms with Crippen molar-refractivity contribution < 1.29 is 14.3 Å². The first kappa shape index (κ1) is 18.0. The second-order valence-corrected chi connectivity index (χ2v) is 6.82. The van der Waals surface area contributed by atoms with Crippen molar-refractivity contribution in [2.24, 2.45) is 5.41 Å². The van der Waals surface area contributed by atoms with Gasteiger partial charge in [-0.1, -0.05) is 19.9 Å². The third kappa shape index (κ3) is 5.67. The van der Waals surface area contributed by atoms with Crippen molar-refractivity contribution in [1.82, 2.24) is 5.32 Å². The summed E-state index contributed by atoms with van der Waals surface area (Å²) in [6.45, 7) is 8.90. The second kappa shape index (κ2) is 7.80. The molecule has 0 aliphatic carbocycles. The smallest absolute Gasteiger partial charge is 0.314 e. The monoisotopic (exact) mass is 357 g/mol. The largest absolute Gasteiger partial charge is 0.491 e. The summed E-state index contributed by atoms with van der Waals surface area (Å²) < 4.78 is 11.4. The molecule has 1 rings (SSSR count). The molecule has 118 valence electrons. The Balaban J connectivity index is 2.67. The standard InChI is InChI=1S/C16H24BrNO3/c1-11(2)18-9-12-6-7-14(13(17)8-12)21-10-16(3,4)15(19)20-5/h6-8,11,18H,9-10H2,1-5H3. The van der Waals surface area contributed by atoms with E-state index in [0.29, 0.717) is 6.04 Å². The topological polar surface area (TPSA) is 47.6 Å². The lowest BCUT2D eigenvalue weighted by Gasteiger charge is -2.22. The number of carbonyl (C=O) groups excluding carboxylic acids is 1. The lowest BCUT2D eigenvalue weighted by Crippen LogP contribution is -2.32. The zero-order chi connectivity index (χ0) is 16.0. The van der Waals surface area contributed by atoms with E-state index in [0.717, 1.165) is 16.8 Å². The molecular weight excluding hydrogens is 334 g/mol. The minimum absolute atomic E-state index is 0.266. The zero-order valence-corrected chi connectivity index (χ0v) is 14.9. The quantitative estimate of drug-likeness (QED) is 0.758. The van der Waals surface area contributed by atoms with Gasteiger partial charge in [0.1, 0.15) is 12.4 Å². The zero-order valence-electron chi connectivity index (χ0n) is 13.3. The molecule has 1 aromatic rings. The van der Waals surface area contributed by atoms with Gasteiger partial charge < -0.3 is 14.8 Å². The van der Waals surface area contributed by atoms with Crippen molar-refractivity contribution in [3.05, 3.63) is 28.2 Å². The van der Waals surface area contributed by atoms with Crippen LogP contribution in [0.5, 0.6) is 5.75 Å². The Hall–Kier alpha value is -1.07. The highest BCUT2D eigenvalue weighted by molar-refractivity contribution is 9.10. The van der Waals surface area contributed by atoms with Gasteiger partial charge in [-0.25, -0.2) is 0 Å². The molecule has 0 aliphatic heterocycles. The number of ether oxygens (including phenoxy) is 2. The summed E-state index contributed by atoms with van der Waals surface area (Å²) in [6, 6.07) is 6.39. The molecule has 0 heterocycles. The fraction of sp³-hybridized carbons (Fsp3) is 0.562. The van der Waals surface area contributed by atoms with Gasteiger partial charge in [-0.2, -0.15) is 0 Å². The van der Waals surface area contributed by atoms with E-state index < -0.39 is 5.41 Å². The SMILES string of the molecule is COC(=O)C(C)(C)COc1ccc(CNC(C)C)cc1Br. The van der Waals surface area contributed by atoms with Crippen LogP contribution in [0.4, 0.5) is 0 Å². The van der Waals surface area contributed by atoms with Crippen LogP contribution in [0, 0.1) is 5.41 Å². The minimum Gasteiger partial charge on any atom is -0.491 e. The normalized spacial score (nSPS) is 11.6. The fourth-order valence-electron chi connectivity index (χ4n) is 1.69. The number of hydrogen-bond acceptors (Lipinski definition) is 4. The number of rotatable bonds is 7. The van der Waals surface area contributed by atoms with E-state index in [9.17, 15) is 4.79 Å². The van der Waals surface area contributed by atoms with Crippen LogP contribution in [0.15, 0.2) is 22.7 Å². The average molecular weight is 358 g/mol. The Morgan fingerprint density at radius 2 is 2.05 bits per heavy atom. The summed E-state index contributed by atoms with van der Waals surface area (Å²) in [5.41, 5.74) is 0.502. The van der Waals surface area contributed by atoms with E-state index >= 15 is 0 Å². The molecule has 0 bridgehead atoms. The first-order valence-electron chi connectivity index (χ1n) is 6.99. The van der Waals surface area contributed by atoms with Gasteiger partial charge in [0, 0.05) is 12.6 Å². The molecule has 0 atom stereocenters. The molecule has 21 heavy (non-hydrogen) atoms. The van der Waals surface area contributed by atoms with Crippen LogP contribution in [0.1, 0.15) is 33.3 Å². The Bertz CT molecular complexity index is 486. The van der Waals surface area contributed by atoms with Gasteiger partial charge in [-0.05, 0) is 47.5 Å². The summed E-state index contributed by atoms with van der Waals surface area (Å²) in [4.78, 5) is 11.6. The number of halogens is 1. The van der Waals surface area contributed by atoms with Gasteiger partial charge in [0.2, 0.25) is 0 Å². The van der Waals surface area contributed by atoms with Crippen LogP contribution in [0.25, 0.3) is 0 Å². The van der Waals surface area contributed by atoms with Crippen molar-refractivity contribution in [2.45, 2.75) is 40.3 Å². The van der Waals surface area contributed by atoms with Crippen molar-refractivity contribution in [3.8, 4) is 5.75 Å². The van der Waals surface area contributed by atoms with Crippen LogP contribution < -0.4 is 10.1 Å². The number of benzene rings is 1. The summed E-state index contributed by atoms with van der Waals surface area (Å²) in [5.74, 6) is 0.441. The van der Waals surface area contributed by atoms with E-state index in [1.54, 1.807) is 13.8 Å². The maximum atomic E-state index is 11.6. The number of methoxy groups -OCH3 is 1. The fourth-order valence-corrected chi connectivity index (χ4v) is 2.23. The van der Waals surface area contributed by atoms with E-state index in [-0.39, 0.29) is 12.6 Å². The van der Waals surface area contributed by atoms with Crippen LogP contribution in [0.2, 0.25) is 0 Å². The van der Waals surface area contributed by atoms with Crippen LogP contribution in [0.3, 0.4) is 0 Å². The predicted octanol–water partition coefficient (Wildman–Crippen LogP) is 3.53. The molecule has 0 unspecified atom stereocenters. The summed E-state index contributed by atoms with van der Waals surface area (Å²) in [5, 5.41) is 3.36. The number of nitrogens with one attached hydrogen (secondary N) is 1. The predicted molar refractivity (Wildman–Crippen MR) is 87.4 cm³/mol. The summed E-state index contributed by atoms with van der Waals surface area (Å²) >= 11 is 3.51. The van der Waals surface area contributed by atoms with Crippen molar-refractivity contribution in [2.75, 3.05) is 13.7 Å². The molecule has 0 aromatic heterocycles. The first-order chi connectivity index (χ1) is 9.76. The first-order valence-corrected chi connectivity index (χ1v) is 7.78. The Morgan fingerprint density at radius 3 is 2.57 bits per heavy atom. The average Bonchev–Trinajstić information content (AvgIpc) is 2.43. The molecular formula is C16H24BrNO3. The molecule has 0 saturated heterocycles. The van der Waals surface area contributed by atoms with Crippen LogP contribution in [-0.4, -0.2) is 25.7 Å². The number of esters is 1. The Labute approximate surface area is 135 Å². The molecule has 0 spiro atoms. The molecule has 5 heteroatoms. The Morgan fingerprint density at radius 1 is 1.38 bits per heavy atom. The molecule has 1 aromatic carbocycles. The molecule has 1 N–H and O–H groups in total. The maximum absolute atomic E-state index is 11.6. The van der Waals surface area contributed by atoms with Crippen LogP contribution in [-0.2, 0) is 16.1 Å². The molecule has 0 radical (unpaired) electrons. The van der Waals surface area contributed by atoms with Gasteiger partial charge in [-0.15, -0.1) is 0 Å². The third-order valence-corrected chi connectivity index (χ3v) is 3.66. The summed E-state index contributed by atoms with van der Waals surface area (Å²) in [7, 11) is 1.39. The van der Waals surface area contributed by atoms with E-state index in [1.165, 1.54) is 12.7 Å². The lowest BCUT2D eigenvalue weighted by atomic mass is 9.95. The van der Waals surface area contributed by atoms with E-state index in [2.05, 4.69) is 35.1 Å². The van der Waals surface area contributed by atoms with Gasteiger partial charge in [0.05, 0.1) is 17.0 Å². The Kier molecular flexibility index (Phi) is 6.68. The maximum Gasteiger partial charge on any atom is 0.314 e. The second-order valence-electron chi connectivity index (χ2n) is 5.96. The van der Waals surface area contributed by atoms with Crippen molar-refractivity contribution in [1.29, 1.82) is 0 Å². The molecule has 0 amide bonds. The van der Waals surface area contributed by atoms with Gasteiger partial charge in [0.15, 0.2) is 0 Å². The van der Waals surface area contributed by atoms with E-state index in [1.807, 2.05) is 18.2 Å². The third-order valence-electron chi connectivity index (χ3n) is 3.04. The van der Waals surface area contributed by atoms with Gasteiger partial charge >= 0.3 is 5.97 Å². The van der Waals surface area contributed by atoms with Crippen molar-refractivity contribution in [3.63, 3.8) is 0 Å². The highest BCUT2D eigenvalue weighted by atomic mass is 79.9. The van der Waals surface area contributed by atoms with E-state index in [4.69, 9.17) is 9.47 Å². The highest BCUT2D eigenvalue weighted by Gasteiger charge is 2.29. The molecule has 4 nitrogen and oxygen atoms in total.